The molecule has 0 unspecified atom stereocenters. The molecular formula is C9H8N4O2. The summed E-state index contributed by atoms with van der Waals surface area (Å²) in [7, 11) is 0. The fourth-order valence-corrected chi connectivity index (χ4v) is 1.28. The average molecular weight is 204 g/mol. The van der Waals surface area contributed by atoms with Crippen molar-refractivity contribution in [2.45, 2.75) is 6.54 Å². The Labute approximate surface area is 85.2 Å². The Morgan fingerprint density at radius 3 is 2.87 bits per heavy atom. The van der Waals surface area contributed by atoms with Gasteiger partial charge in [0.2, 0.25) is 0 Å². The summed E-state index contributed by atoms with van der Waals surface area (Å²) in [6.45, 7) is 0.308. The van der Waals surface area contributed by atoms with Gasteiger partial charge in [-0.1, -0.05) is 18.2 Å². The monoisotopic (exact) mass is 204 g/mol. The van der Waals surface area contributed by atoms with Gasteiger partial charge in [-0.2, -0.15) is 4.80 Å². The van der Waals surface area contributed by atoms with Gasteiger partial charge < -0.3 is 5.11 Å². The van der Waals surface area contributed by atoms with Crippen molar-refractivity contribution in [2.24, 2.45) is 0 Å². The highest BCUT2D eigenvalue weighted by Crippen LogP contribution is 2.09. The molecule has 2 aromatic rings. The van der Waals surface area contributed by atoms with Gasteiger partial charge in [-0.15, -0.1) is 10.2 Å². The number of tetrazole rings is 1. The van der Waals surface area contributed by atoms with E-state index in [4.69, 9.17) is 5.11 Å². The molecule has 0 fully saturated rings. The summed E-state index contributed by atoms with van der Waals surface area (Å²) < 4.78 is 0. The first-order chi connectivity index (χ1) is 7.27. The highest BCUT2D eigenvalue weighted by molar-refractivity contribution is 5.89. The molecule has 0 spiro atoms. The van der Waals surface area contributed by atoms with E-state index in [0.717, 1.165) is 0 Å². The van der Waals surface area contributed by atoms with Gasteiger partial charge in [0.1, 0.15) is 0 Å². The summed E-state index contributed by atoms with van der Waals surface area (Å²) in [5.74, 6) is -0.953. The van der Waals surface area contributed by atoms with Gasteiger partial charge in [-0.05, 0) is 16.8 Å². The van der Waals surface area contributed by atoms with E-state index < -0.39 is 5.97 Å². The molecule has 1 aromatic carbocycles. The predicted molar refractivity (Wildman–Crippen MR) is 50.3 cm³/mol. The smallest absolute Gasteiger partial charge is 0.336 e. The van der Waals surface area contributed by atoms with Gasteiger partial charge in [0.25, 0.3) is 0 Å². The van der Waals surface area contributed by atoms with Crippen LogP contribution in [-0.4, -0.2) is 31.3 Å². The van der Waals surface area contributed by atoms with E-state index in [2.05, 4.69) is 15.4 Å². The number of benzene rings is 1. The fourth-order valence-electron chi connectivity index (χ4n) is 1.28. The lowest BCUT2D eigenvalue weighted by Gasteiger charge is -2.03. The van der Waals surface area contributed by atoms with Crippen molar-refractivity contribution in [2.75, 3.05) is 0 Å². The molecule has 0 amide bonds. The van der Waals surface area contributed by atoms with E-state index in [1.165, 1.54) is 11.1 Å². The highest BCUT2D eigenvalue weighted by Gasteiger charge is 2.09. The number of carboxylic acid groups (broad SMARTS) is 1. The second-order valence-corrected chi connectivity index (χ2v) is 2.93. The second kappa shape index (κ2) is 3.87. The normalized spacial score (nSPS) is 10.1. The summed E-state index contributed by atoms with van der Waals surface area (Å²) in [6, 6.07) is 6.74. The van der Waals surface area contributed by atoms with Crippen LogP contribution < -0.4 is 0 Å². The fraction of sp³-hybridized carbons (Fsp3) is 0.111. The van der Waals surface area contributed by atoms with Crippen molar-refractivity contribution >= 4 is 5.97 Å². The van der Waals surface area contributed by atoms with Crippen molar-refractivity contribution in [1.82, 2.24) is 20.2 Å². The Hall–Kier alpha value is -2.24. The lowest BCUT2D eigenvalue weighted by Crippen LogP contribution is -2.09. The van der Waals surface area contributed by atoms with Crippen molar-refractivity contribution in [3.63, 3.8) is 0 Å². The SMILES string of the molecule is O=C(O)c1ccccc1Cn1ncnn1. The molecule has 2 rings (SSSR count). The highest BCUT2D eigenvalue weighted by atomic mass is 16.4. The van der Waals surface area contributed by atoms with Crippen LogP contribution in [0.5, 0.6) is 0 Å². The molecule has 0 saturated heterocycles. The van der Waals surface area contributed by atoms with E-state index in [9.17, 15) is 4.79 Å². The standard InChI is InChI=1S/C9H8N4O2/c14-9(15)8-4-2-1-3-7(8)5-13-11-6-10-12-13/h1-4,6H,5H2,(H,14,15). The quantitative estimate of drug-likeness (QED) is 0.783. The van der Waals surface area contributed by atoms with Crippen LogP contribution in [0.25, 0.3) is 0 Å². The maximum Gasteiger partial charge on any atom is 0.336 e. The number of hydrogen-bond donors (Lipinski definition) is 1. The lowest BCUT2D eigenvalue weighted by molar-refractivity contribution is 0.0695. The molecule has 6 heteroatoms. The van der Waals surface area contributed by atoms with Crippen molar-refractivity contribution in [3.05, 3.63) is 41.7 Å². The summed E-state index contributed by atoms with van der Waals surface area (Å²) in [6.07, 6.45) is 1.31. The summed E-state index contributed by atoms with van der Waals surface area (Å²) >= 11 is 0. The van der Waals surface area contributed by atoms with Crippen LogP contribution in [0, 0.1) is 0 Å². The third-order valence-electron chi connectivity index (χ3n) is 1.95. The number of nitrogens with zero attached hydrogens (tertiary/aromatic N) is 4. The molecule has 6 nitrogen and oxygen atoms in total. The molecule has 1 heterocycles. The zero-order valence-corrected chi connectivity index (χ0v) is 7.74. The number of carbonyl (C=O) groups is 1. The van der Waals surface area contributed by atoms with Crippen LogP contribution in [0.1, 0.15) is 15.9 Å². The molecule has 0 radical (unpaired) electrons. The number of hydrogen-bond acceptors (Lipinski definition) is 4. The minimum atomic E-state index is -0.953. The molecule has 0 bridgehead atoms. The van der Waals surface area contributed by atoms with Crippen LogP contribution in [0.2, 0.25) is 0 Å². The van der Waals surface area contributed by atoms with Gasteiger partial charge in [0, 0.05) is 0 Å². The third-order valence-corrected chi connectivity index (χ3v) is 1.95. The first kappa shape index (κ1) is 9.32. The molecule has 0 saturated carbocycles. The van der Waals surface area contributed by atoms with Gasteiger partial charge in [0.05, 0.1) is 12.1 Å². The predicted octanol–water partition coefficient (Wildman–Crippen LogP) is 0.420. The van der Waals surface area contributed by atoms with E-state index in [-0.39, 0.29) is 5.56 Å². The van der Waals surface area contributed by atoms with E-state index in [1.807, 2.05) is 0 Å². The van der Waals surface area contributed by atoms with E-state index in [1.54, 1.807) is 24.3 Å². The Morgan fingerprint density at radius 2 is 2.20 bits per heavy atom. The molecule has 76 valence electrons. The Balaban J connectivity index is 2.32. The average Bonchev–Trinajstić information content (AvgIpc) is 2.71. The minimum Gasteiger partial charge on any atom is -0.478 e. The van der Waals surface area contributed by atoms with Gasteiger partial charge >= 0.3 is 5.97 Å². The van der Waals surface area contributed by atoms with Crippen LogP contribution >= 0.6 is 0 Å². The van der Waals surface area contributed by atoms with Crippen LogP contribution in [0.3, 0.4) is 0 Å². The molecule has 0 aliphatic rings. The van der Waals surface area contributed by atoms with Crippen molar-refractivity contribution < 1.29 is 9.90 Å². The first-order valence-corrected chi connectivity index (χ1v) is 4.29. The lowest BCUT2D eigenvalue weighted by atomic mass is 10.1. The van der Waals surface area contributed by atoms with E-state index >= 15 is 0 Å². The molecule has 1 N–H and O–H groups in total. The first-order valence-electron chi connectivity index (χ1n) is 4.29. The zero-order chi connectivity index (χ0) is 10.7. The molecule has 1 aromatic heterocycles. The maximum atomic E-state index is 10.9. The molecular weight excluding hydrogens is 196 g/mol. The van der Waals surface area contributed by atoms with E-state index in [0.29, 0.717) is 12.1 Å². The van der Waals surface area contributed by atoms with Crippen LogP contribution in [-0.2, 0) is 6.54 Å². The number of carboxylic acids is 1. The second-order valence-electron chi connectivity index (χ2n) is 2.93. The zero-order valence-electron chi connectivity index (χ0n) is 7.74. The number of aromatic nitrogens is 4. The van der Waals surface area contributed by atoms with Gasteiger partial charge in [-0.3, -0.25) is 0 Å². The largest absolute Gasteiger partial charge is 0.478 e. The summed E-state index contributed by atoms with van der Waals surface area (Å²) in [4.78, 5) is 12.2. The third kappa shape index (κ3) is 1.98. The van der Waals surface area contributed by atoms with Crippen molar-refractivity contribution in [1.29, 1.82) is 0 Å². The van der Waals surface area contributed by atoms with Gasteiger partial charge in [-0.25, -0.2) is 4.79 Å². The minimum absolute atomic E-state index is 0.259. The van der Waals surface area contributed by atoms with Crippen molar-refractivity contribution in [3.8, 4) is 0 Å². The Kier molecular flexibility index (Phi) is 2.40. The summed E-state index contributed by atoms with van der Waals surface area (Å²) in [5, 5.41) is 20.0. The number of rotatable bonds is 3. The molecule has 0 aliphatic carbocycles. The van der Waals surface area contributed by atoms with Crippen LogP contribution in [0.15, 0.2) is 30.6 Å². The Morgan fingerprint density at radius 1 is 1.40 bits per heavy atom. The number of aromatic carboxylic acids is 1. The maximum absolute atomic E-state index is 10.9. The topological polar surface area (TPSA) is 80.9 Å². The Bertz CT molecular complexity index is 467. The summed E-state index contributed by atoms with van der Waals surface area (Å²) in [5.41, 5.74) is 0.915. The van der Waals surface area contributed by atoms with Gasteiger partial charge in [0.15, 0.2) is 6.33 Å². The molecule has 0 aliphatic heterocycles. The molecule has 15 heavy (non-hydrogen) atoms. The van der Waals surface area contributed by atoms with Crippen LogP contribution in [0.4, 0.5) is 0 Å². The molecule has 0 atom stereocenters.